The van der Waals surface area contributed by atoms with Crippen molar-refractivity contribution in [3.63, 3.8) is 0 Å². The summed E-state index contributed by atoms with van der Waals surface area (Å²) in [7, 11) is 0. The van der Waals surface area contributed by atoms with Gasteiger partial charge in [0.25, 0.3) is 0 Å². The number of aryl methyl sites for hydroxylation is 1. The van der Waals surface area contributed by atoms with Gasteiger partial charge in [0.1, 0.15) is 12.1 Å². The number of rotatable bonds is 3. The zero-order chi connectivity index (χ0) is 10.8. The number of fused-ring (bicyclic) bond motifs is 1. The first-order valence-corrected chi connectivity index (χ1v) is 4.90. The normalized spacial score (nSPS) is 12.7. The van der Waals surface area contributed by atoms with Gasteiger partial charge in [0.15, 0.2) is 5.65 Å². The Balaban J connectivity index is 2.48. The predicted octanol–water partition coefficient (Wildman–Crippen LogP) is 2.02. The summed E-state index contributed by atoms with van der Waals surface area (Å²) in [6.45, 7) is 7.82. The molecule has 15 heavy (non-hydrogen) atoms. The third-order valence-electron chi connectivity index (χ3n) is 2.25. The summed E-state index contributed by atoms with van der Waals surface area (Å²) in [5.41, 5.74) is 2.02. The van der Waals surface area contributed by atoms with Gasteiger partial charge in [-0.05, 0) is 31.5 Å². The number of nitrogens with one attached hydrogen (secondary N) is 1. The van der Waals surface area contributed by atoms with Crippen LogP contribution in [0.2, 0.25) is 0 Å². The third kappa shape index (κ3) is 1.83. The van der Waals surface area contributed by atoms with Gasteiger partial charge in [0.2, 0.25) is 0 Å². The molecular formula is C11H14N4. The maximum atomic E-state index is 4.16. The molecule has 0 fully saturated rings. The van der Waals surface area contributed by atoms with Crippen LogP contribution in [0.4, 0.5) is 5.82 Å². The van der Waals surface area contributed by atoms with Crippen molar-refractivity contribution in [1.82, 2.24) is 14.6 Å². The lowest BCUT2D eigenvalue weighted by Gasteiger charge is -2.12. The Labute approximate surface area is 88.6 Å². The monoisotopic (exact) mass is 202 g/mol. The van der Waals surface area contributed by atoms with E-state index in [9.17, 15) is 0 Å². The van der Waals surface area contributed by atoms with E-state index in [1.807, 2.05) is 32.1 Å². The van der Waals surface area contributed by atoms with E-state index in [-0.39, 0.29) is 6.04 Å². The summed E-state index contributed by atoms with van der Waals surface area (Å²) >= 11 is 0. The SMILES string of the molecule is C=CC(C)Nc1cc(C)cc2ncnn12. The van der Waals surface area contributed by atoms with Gasteiger partial charge < -0.3 is 5.32 Å². The van der Waals surface area contributed by atoms with E-state index in [2.05, 4.69) is 22.0 Å². The molecule has 0 saturated heterocycles. The summed E-state index contributed by atoms with van der Waals surface area (Å²) in [5.74, 6) is 0.940. The molecule has 0 aliphatic heterocycles. The first-order chi connectivity index (χ1) is 7.20. The molecule has 1 unspecified atom stereocenters. The van der Waals surface area contributed by atoms with Crippen LogP contribution in [0.25, 0.3) is 5.65 Å². The van der Waals surface area contributed by atoms with Crippen molar-refractivity contribution < 1.29 is 0 Å². The lowest BCUT2D eigenvalue weighted by Crippen LogP contribution is -2.14. The Bertz CT molecular complexity index is 486. The zero-order valence-electron chi connectivity index (χ0n) is 8.94. The van der Waals surface area contributed by atoms with Crippen LogP contribution in [0.5, 0.6) is 0 Å². The quantitative estimate of drug-likeness (QED) is 0.774. The second-order valence-corrected chi connectivity index (χ2v) is 3.62. The Morgan fingerprint density at radius 1 is 1.53 bits per heavy atom. The molecule has 78 valence electrons. The molecule has 1 atom stereocenters. The fourth-order valence-corrected chi connectivity index (χ4v) is 1.45. The molecule has 1 N–H and O–H groups in total. The van der Waals surface area contributed by atoms with Crippen LogP contribution in [0.15, 0.2) is 31.1 Å². The number of anilines is 1. The molecule has 2 heterocycles. The number of hydrogen-bond acceptors (Lipinski definition) is 3. The molecule has 0 bridgehead atoms. The molecule has 2 aromatic heterocycles. The Morgan fingerprint density at radius 3 is 3.07 bits per heavy atom. The van der Waals surface area contributed by atoms with E-state index in [1.54, 1.807) is 10.8 Å². The van der Waals surface area contributed by atoms with Crippen LogP contribution in [0.1, 0.15) is 12.5 Å². The number of pyridine rings is 1. The molecule has 2 rings (SSSR count). The molecule has 2 aromatic rings. The van der Waals surface area contributed by atoms with Crippen LogP contribution in [0, 0.1) is 6.92 Å². The molecule has 0 aliphatic carbocycles. The Morgan fingerprint density at radius 2 is 2.33 bits per heavy atom. The topological polar surface area (TPSA) is 42.2 Å². The van der Waals surface area contributed by atoms with Crippen molar-refractivity contribution in [2.45, 2.75) is 19.9 Å². The second kappa shape index (κ2) is 3.73. The van der Waals surface area contributed by atoms with E-state index >= 15 is 0 Å². The Kier molecular flexibility index (Phi) is 2.41. The molecule has 0 saturated carbocycles. The van der Waals surface area contributed by atoms with E-state index in [0.717, 1.165) is 17.0 Å². The van der Waals surface area contributed by atoms with Crippen LogP contribution in [0.3, 0.4) is 0 Å². The fourth-order valence-electron chi connectivity index (χ4n) is 1.45. The van der Waals surface area contributed by atoms with Crippen molar-refractivity contribution in [3.05, 3.63) is 36.7 Å². The van der Waals surface area contributed by atoms with Crippen LogP contribution in [-0.4, -0.2) is 20.6 Å². The average molecular weight is 202 g/mol. The van der Waals surface area contributed by atoms with Gasteiger partial charge in [-0.2, -0.15) is 9.61 Å². The number of nitrogens with zero attached hydrogens (tertiary/aromatic N) is 3. The molecule has 0 amide bonds. The van der Waals surface area contributed by atoms with Crippen molar-refractivity contribution in [2.75, 3.05) is 5.32 Å². The van der Waals surface area contributed by atoms with Gasteiger partial charge >= 0.3 is 0 Å². The molecule has 4 nitrogen and oxygen atoms in total. The van der Waals surface area contributed by atoms with Crippen molar-refractivity contribution >= 4 is 11.5 Å². The van der Waals surface area contributed by atoms with E-state index in [1.165, 1.54) is 0 Å². The lowest BCUT2D eigenvalue weighted by atomic mass is 10.2. The average Bonchev–Trinajstić information content (AvgIpc) is 2.65. The highest BCUT2D eigenvalue weighted by atomic mass is 15.3. The van der Waals surface area contributed by atoms with E-state index in [4.69, 9.17) is 0 Å². The standard InChI is InChI=1S/C11H14N4/c1-4-9(3)14-11-6-8(2)5-10-12-7-13-15(10)11/h4-7,9,14H,1H2,2-3H3. The minimum absolute atomic E-state index is 0.208. The summed E-state index contributed by atoms with van der Waals surface area (Å²) in [4.78, 5) is 4.16. The maximum Gasteiger partial charge on any atom is 0.157 e. The smallest absolute Gasteiger partial charge is 0.157 e. The fraction of sp³-hybridized carbons (Fsp3) is 0.273. The van der Waals surface area contributed by atoms with Crippen molar-refractivity contribution in [3.8, 4) is 0 Å². The lowest BCUT2D eigenvalue weighted by molar-refractivity contribution is 0.908. The van der Waals surface area contributed by atoms with Crippen LogP contribution in [-0.2, 0) is 0 Å². The highest BCUT2D eigenvalue weighted by molar-refractivity contribution is 5.51. The third-order valence-corrected chi connectivity index (χ3v) is 2.25. The largest absolute Gasteiger partial charge is 0.364 e. The second-order valence-electron chi connectivity index (χ2n) is 3.62. The van der Waals surface area contributed by atoms with Crippen LogP contribution >= 0.6 is 0 Å². The highest BCUT2D eigenvalue weighted by Gasteiger charge is 2.05. The molecule has 0 spiro atoms. The minimum Gasteiger partial charge on any atom is -0.364 e. The van der Waals surface area contributed by atoms with Crippen molar-refractivity contribution in [2.24, 2.45) is 0 Å². The van der Waals surface area contributed by atoms with Crippen LogP contribution < -0.4 is 5.32 Å². The van der Waals surface area contributed by atoms with Crippen molar-refractivity contribution in [1.29, 1.82) is 0 Å². The summed E-state index contributed by atoms with van der Waals surface area (Å²) < 4.78 is 1.78. The zero-order valence-corrected chi connectivity index (χ0v) is 8.94. The molecule has 0 aromatic carbocycles. The Hall–Kier alpha value is -1.84. The van der Waals surface area contributed by atoms with Gasteiger partial charge in [0.05, 0.1) is 0 Å². The minimum atomic E-state index is 0.208. The predicted molar refractivity (Wildman–Crippen MR) is 61.0 cm³/mol. The first-order valence-electron chi connectivity index (χ1n) is 4.90. The van der Waals surface area contributed by atoms with Gasteiger partial charge in [0, 0.05) is 6.04 Å². The molecule has 0 radical (unpaired) electrons. The molecule has 4 heteroatoms. The summed E-state index contributed by atoms with van der Waals surface area (Å²) in [5, 5.41) is 7.46. The van der Waals surface area contributed by atoms with E-state index < -0.39 is 0 Å². The molecular weight excluding hydrogens is 188 g/mol. The van der Waals surface area contributed by atoms with E-state index in [0.29, 0.717) is 0 Å². The molecule has 0 aliphatic rings. The maximum absolute atomic E-state index is 4.16. The number of hydrogen-bond donors (Lipinski definition) is 1. The summed E-state index contributed by atoms with van der Waals surface area (Å²) in [6.07, 6.45) is 3.41. The van der Waals surface area contributed by atoms with Gasteiger partial charge in [-0.15, -0.1) is 6.58 Å². The summed E-state index contributed by atoms with van der Waals surface area (Å²) in [6, 6.07) is 4.25. The highest BCUT2D eigenvalue weighted by Crippen LogP contribution is 2.14. The number of aromatic nitrogens is 3. The van der Waals surface area contributed by atoms with Gasteiger partial charge in [-0.25, -0.2) is 4.98 Å². The first kappa shape index (κ1) is 9.71. The van der Waals surface area contributed by atoms with Gasteiger partial charge in [-0.1, -0.05) is 6.08 Å². The van der Waals surface area contributed by atoms with Gasteiger partial charge in [-0.3, -0.25) is 0 Å².